The van der Waals surface area contributed by atoms with E-state index in [-0.39, 0.29) is 17.9 Å². The van der Waals surface area contributed by atoms with Gasteiger partial charge in [0.25, 0.3) is 11.7 Å². The van der Waals surface area contributed by atoms with E-state index in [1.165, 1.54) is 26.0 Å². The summed E-state index contributed by atoms with van der Waals surface area (Å²) in [6.07, 6.45) is -0.864. The van der Waals surface area contributed by atoms with Crippen molar-refractivity contribution < 1.29 is 29.3 Å². The van der Waals surface area contributed by atoms with Crippen LogP contribution in [0.25, 0.3) is 5.76 Å². The van der Waals surface area contributed by atoms with E-state index in [2.05, 4.69) is 0 Å². The number of hydrogen-bond donors (Lipinski definition) is 2. The number of hydrogen-bond acceptors (Lipinski definition) is 6. The summed E-state index contributed by atoms with van der Waals surface area (Å²) < 4.78 is 10.7. The number of benzene rings is 2. The number of carbonyl (C=O) groups excluding carboxylic acids is 2. The lowest BCUT2D eigenvalue weighted by molar-refractivity contribution is -0.140. The normalized spacial score (nSPS) is 19.3. The number of likely N-dealkylation sites (tertiary alicyclic amines) is 1. The molecule has 2 aromatic carbocycles. The van der Waals surface area contributed by atoms with E-state index in [9.17, 15) is 19.8 Å². The van der Waals surface area contributed by atoms with E-state index >= 15 is 0 Å². The zero-order chi connectivity index (χ0) is 21.1. The van der Waals surface area contributed by atoms with Gasteiger partial charge >= 0.3 is 0 Å². The number of aliphatic hydroxyl groups excluding tert-OH is 2. The summed E-state index contributed by atoms with van der Waals surface area (Å²) in [6.45, 7) is 1.45. The molecule has 2 N–H and O–H groups in total. The van der Waals surface area contributed by atoms with Crippen LogP contribution in [0.2, 0.25) is 0 Å². The van der Waals surface area contributed by atoms with Crippen molar-refractivity contribution >= 4 is 17.4 Å². The second-order valence-electron chi connectivity index (χ2n) is 6.77. The molecule has 3 rings (SSSR count). The predicted octanol–water partition coefficient (Wildman–Crippen LogP) is 2.51. The van der Waals surface area contributed by atoms with Crippen molar-refractivity contribution in [3.8, 4) is 11.5 Å². The predicted molar refractivity (Wildman–Crippen MR) is 107 cm³/mol. The molecule has 1 heterocycles. The maximum Gasteiger partial charge on any atom is 0.295 e. The number of ketones is 1. The molecular formula is C22H23NO6. The molecule has 1 aliphatic rings. The van der Waals surface area contributed by atoms with Gasteiger partial charge in [-0.2, -0.15) is 0 Å². The molecule has 0 saturated carbocycles. The van der Waals surface area contributed by atoms with Crippen molar-refractivity contribution in [1.29, 1.82) is 0 Å². The molecule has 0 aliphatic carbocycles. The van der Waals surface area contributed by atoms with Gasteiger partial charge in [-0.05, 0) is 19.1 Å². The highest BCUT2D eigenvalue weighted by atomic mass is 16.5. The first kappa shape index (κ1) is 20.4. The highest BCUT2D eigenvalue weighted by Crippen LogP contribution is 2.43. The Morgan fingerprint density at radius 1 is 1.10 bits per heavy atom. The van der Waals surface area contributed by atoms with Crippen molar-refractivity contribution in [1.82, 2.24) is 4.90 Å². The quantitative estimate of drug-likeness (QED) is 0.442. The third kappa shape index (κ3) is 3.82. The molecule has 1 saturated heterocycles. The van der Waals surface area contributed by atoms with E-state index in [0.717, 1.165) is 0 Å². The van der Waals surface area contributed by atoms with Gasteiger partial charge in [-0.1, -0.05) is 30.3 Å². The van der Waals surface area contributed by atoms with Gasteiger partial charge in [0, 0.05) is 23.7 Å². The number of aliphatic hydroxyl groups is 2. The van der Waals surface area contributed by atoms with Crippen molar-refractivity contribution in [2.75, 3.05) is 20.8 Å². The summed E-state index contributed by atoms with van der Waals surface area (Å²) in [5.41, 5.74) is 0.871. The summed E-state index contributed by atoms with van der Waals surface area (Å²) in [5.74, 6) is -0.937. The second kappa shape index (κ2) is 8.36. The summed E-state index contributed by atoms with van der Waals surface area (Å²) in [7, 11) is 2.99. The minimum absolute atomic E-state index is 0.0506. The standard InChI is InChI=1S/C22H23NO6/c1-13(24)12-23-19(16-10-9-15(28-2)11-17(16)29-3)18(21(26)22(23)27)20(25)14-7-5-4-6-8-14/h4-11,13,19,24-25H,12H2,1-3H3/t13-,19-/m0/s1. The fraction of sp³-hybridized carbons (Fsp3) is 0.273. The minimum Gasteiger partial charge on any atom is -0.507 e. The highest BCUT2D eigenvalue weighted by molar-refractivity contribution is 6.46. The Hall–Kier alpha value is -3.32. The third-order valence-corrected chi connectivity index (χ3v) is 4.78. The monoisotopic (exact) mass is 397 g/mol. The Morgan fingerprint density at radius 3 is 2.38 bits per heavy atom. The van der Waals surface area contributed by atoms with Crippen LogP contribution in [0.5, 0.6) is 11.5 Å². The third-order valence-electron chi connectivity index (χ3n) is 4.78. The number of ether oxygens (including phenoxy) is 2. The number of nitrogens with zero attached hydrogens (tertiary/aromatic N) is 1. The lowest BCUT2D eigenvalue weighted by Crippen LogP contribution is -2.35. The Morgan fingerprint density at radius 2 is 1.79 bits per heavy atom. The Labute approximate surface area is 168 Å². The first-order valence-electron chi connectivity index (χ1n) is 9.12. The van der Waals surface area contributed by atoms with Crippen LogP contribution in [0, 0.1) is 0 Å². The van der Waals surface area contributed by atoms with E-state index in [0.29, 0.717) is 22.6 Å². The maximum absolute atomic E-state index is 12.9. The van der Waals surface area contributed by atoms with Crippen LogP contribution in [-0.2, 0) is 9.59 Å². The maximum atomic E-state index is 12.9. The molecule has 2 atom stereocenters. The van der Waals surface area contributed by atoms with E-state index in [4.69, 9.17) is 9.47 Å². The molecular weight excluding hydrogens is 374 g/mol. The topological polar surface area (TPSA) is 96.3 Å². The molecule has 1 fully saturated rings. The fourth-order valence-corrected chi connectivity index (χ4v) is 3.47. The van der Waals surface area contributed by atoms with Gasteiger partial charge in [-0.15, -0.1) is 0 Å². The first-order valence-corrected chi connectivity index (χ1v) is 9.12. The summed E-state index contributed by atoms with van der Waals surface area (Å²) in [6, 6.07) is 12.6. The Bertz CT molecular complexity index is 951. The fourth-order valence-electron chi connectivity index (χ4n) is 3.47. The molecule has 29 heavy (non-hydrogen) atoms. The number of amides is 1. The van der Waals surface area contributed by atoms with Crippen LogP contribution >= 0.6 is 0 Å². The molecule has 1 amide bonds. The summed E-state index contributed by atoms with van der Waals surface area (Å²) >= 11 is 0. The minimum atomic E-state index is -0.911. The van der Waals surface area contributed by atoms with Crippen LogP contribution in [-0.4, -0.2) is 53.7 Å². The lowest BCUT2D eigenvalue weighted by atomic mass is 9.94. The summed E-state index contributed by atoms with van der Waals surface area (Å²) in [4.78, 5) is 26.9. The van der Waals surface area contributed by atoms with Crippen molar-refractivity contribution in [3.63, 3.8) is 0 Å². The molecule has 0 bridgehead atoms. The number of carbonyl (C=O) groups is 2. The van der Waals surface area contributed by atoms with Gasteiger partial charge in [0.15, 0.2) is 0 Å². The molecule has 7 nitrogen and oxygen atoms in total. The van der Waals surface area contributed by atoms with Gasteiger partial charge in [-0.25, -0.2) is 0 Å². The molecule has 152 valence electrons. The first-order chi connectivity index (χ1) is 13.9. The van der Waals surface area contributed by atoms with Gasteiger partial charge in [-0.3, -0.25) is 9.59 Å². The number of Topliss-reactive ketones (excluding diaryl/α,β-unsaturated/α-hetero) is 1. The zero-order valence-electron chi connectivity index (χ0n) is 16.5. The average Bonchev–Trinajstić information content (AvgIpc) is 2.97. The average molecular weight is 397 g/mol. The van der Waals surface area contributed by atoms with Crippen LogP contribution in [0.4, 0.5) is 0 Å². The van der Waals surface area contributed by atoms with Crippen molar-refractivity contribution in [2.24, 2.45) is 0 Å². The molecule has 1 aliphatic heterocycles. The van der Waals surface area contributed by atoms with Gasteiger partial charge in [0.2, 0.25) is 0 Å². The largest absolute Gasteiger partial charge is 0.507 e. The molecule has 0 unspecified atom stereocenters. The van der Waals surface area contributed by atoms with Crippen LogP contribution < -0.4 is 9.47 Å². The molecule has 2 aromatic rings. The lowest BCUT2D eigenvalue weighted by Gasteiger charge is -2.27. The van der Waals surface area contributed by atoms with Crippen LogP contribution in [0.1, 0.15) is 24.1 Å². The summed E-state index contributed by atoms with van der Waals surface area (Å²) in [5, 5.41) is 20.8. The van der Waals surface area contributed by atoms with Crippen molar-refractivity contribution in [2.45, 2.75) is 19.1 Å². The van der Waals surface area contributed by atoms with Crippen molar-refractivity contribution in [3.05, 3.63) is 65.2 Å². The number of β-amino-alcohol motifs (C(OH)–C–C–N with tert-alkyl or cyclic N) is 1. The zero-order valence-corrected chi connectivity index (χ0v) is 16.5. The van der Waals surface area contributed by atoms with E-state index < -0.39 is 23.8 Å². The Kier molecular flexibility index (Phi) is 5.89. The smallest absolute Gasteiger partial charge is 0.295 e. The number of methoxy groups -OCH3 is 2. The molecule has 7 heteroatoms. The molecule has 0 aromatic heterocycles. The van der Waals surface area contributed by atoms with E-state index in [1.54, 1.807) is 48.5 Å². The van der Waals surface area contributed by atoms with E-state index in [1.807, 2.05) is 0 Å². The van der Waals surface area contributed by atoms with Gasteiger partial charge < -0.3 is 24.6 Å². The highest BCUT2D eigenvalue weighted by Gasteiger charge is 2.47. The molecule has 0 spiro atoms. The SMILES string of the molecule is COc1ccc([C@H]2C(=C(O)c3ccccc3)C(=O)C(=O)N2C[C@H](C)O)c(OC)c1. The van der Waals surface area contributed by atoms with Gasteiger partial charge in [0.1, 0.15) is 17.3 Å². The van der Waals surface area contributed by atoms with Gasteiger partial charge in [0.05, 0.1) is 31.9 Å². The Balaban J connectivity index is 2.24. The second-order valence-corrected chi connectivity index (χ2v) is 6.77. The number of rotatable bonds is 6. The van der Waals surface area contributed by atoms with Crippen LogP contribution in [0.15, 0.2) is 54.1 Å². The molecule has 0 radical (unpaired) electrons. The van der Waals surface area contributed by atoms with Crippen LogP contribution in [0.3, 0.4) is 0 Å².